The predicted octanol–water partition coefficient (Wildman–Crippen LogP) is 2.33. The second kappa shape index (κ2) is 6.12. The zero-order chi connectivity index (χ0) is 16.4. The summed E-state index contributed by atoms with van der Waals surface area (Å²) in [4.78, 5) is 26.6. The first kappa shape index (κ1) is 15.1. The molecule has 0 unspecified atom stereocenters. The first-order valence-corrected chi connectivity index (χ1v) is 7.40. The Kier molecular flexibility index (Phi) is 4.02. The van der Waals surface area contributed by atoms with Crippen molar-refractivity contribution in [1.29, 1.82) is 0 Å². The minimum Gasteiger partial charge on any atom is -0.497 e. The first-order valence-electron chi connectivity index (χ1n) is 7.40. The molecule has 2 amide bonds. The fraction of sp³-hybridized carbons (Fsp3) is 0.222. The van der Waals surface area contributed by atoms with Crippen molar-refractivity contribution in [3.63, 3.8) is 0 Å². The number of fused-ring (bicyclic) bond motifs is 1. The van der Waals surface area contributed by atoms with E-state index in [2.05, 4.69) is 5.32 Å². The van der Waals surface area contributed by atoms with Gasteiger partial charge in [0.25, 0.3) is 5.91 Å². The summed E-state index contributed by atoms with van der Waals surface area (Å²) < 4.78 is 5.14. The Morgan fingerprint density at radius 1 is 1.09 bits per heavy atom. The van der Waals surface area contributed by atoms with Crippen molar-refractivity contribution in [2.24, 2.45) is 0 Å². The van der Waals surface area contributed by atoms with Crippen molar-refractivity contribution in [2.75, 3.05) is 19.5 Å². The highest BCUT2D eigenvalue weighted by Crippen LogP contribution is 2.24. The molecule has 23 heavy (non-hydrogen) atoms. The second-order valence-electron chi connectivity index (χ2n) is 5.52. The summed E-state index contributed by atoms with van der Waals surface area (Å²) in [6, 6.07) is 14.0. The van der Waals surface area contributed by atoms with Crippen molar-refractivity contribution in [2.45, 2.75) is 12.5 Å². The van der Waals surface area contributed by atoms with Crippen LogP contribution in [0.25, 0.3) is 0 Å². The quantitative estimate of drug-likeness (QED) is 0.946. The Labute approximate surface area is 134 Å². The maximum atomic E-state index is 12.6. The molecule has 2 aromatic carbocycles. The molecule has 0 aromatic heterocycles. The van der Waals surface area contributed by atoms with Gasteiger partial charge in [-0.1, -0.05) is 24.3 Å². The lowest BCUT2D eigenvalue weighted by Crippen LogP contribution is -2.44. The van der Waals surface area contributed by atoms with Gasteiger partial charge in [0.1, 0.15) is 11.8 Å². The number of hydrogen-bond donors (Lipinski definition) is 1. The van der Waals surface area contributed by atoms with Gasteiger partial charge in [-0.15, -0.1) is 0 Å². The number of para-hydroxylation sites is 1. The van der Waals surface area contributed by atoms with Crippen molar-refractivity contribution in [3.05, 3.63) is 59.7 Å². The third-order valence-electron chi connectivity index (χ3n) is 4.09. The van der Waals surface area contributed by atoms with Crippen LogP contribution in [0.1, 0.15) is 15.9 Å². The number of likely N-dealkylation sites (N-methyl/N-ethyl adjacent to an activating group) is 1. The van der Waals surface area contributed by atoms with Crippen molar-refractivity contribution < 1.29 is 14.3 Å². The molecule has 0 spiro atoms. The number of anilines is 1. The standard InChI is InChI=1S/C18H18N2O3/c1-20-16(11-12-7-9-13(23-2)10-8-12)17(21)19-15-6-4-3-5-14(15)18(20)22/h3-10,16H,11H2,1-2H3,(H,19,21)/t16-/m0/s1. The van der Waals surface area contributed by atoms with E-state index in [0.717, 1.165) is 11.3 Å². The Hall–Kier alpha value is -2.82. The van der Waals surface area contributed by atoms with Gasteiger partial charge in [-0.25, -0.2) is 0 Å². The highest BCUT2D eigenvalue weighted by Gasteiger charge is 2.32. The van der Waals surface area contributed by atoms with Gasteiger partial charge in [0.15, 0.2) is 0 Å². The van der Waals surface area contributed by atoms with Gasteiger partial charge in [-0.3, -0.25) is 9.59 Å². The van der Waals surface area contributed by atoms with E-state index in [4.69, 9.17) is 4.74 Å². The molecule has 0 saturated carbocycles. The van der Waals surface area contributed by atoms with Crippen molar-refractivity contribution in [1.82, 2.24) is 4.90 Å². The summed E-state index contributed by atoms with van der Waals surface area (Å²) >= 11 is 0. The van der Waals surface area contributed by atoms with E-state index in [-0.39, 0.29) is 11.8 Å². The number of amides is 2. The molecule has 0 fully saturated rings. The lowest BCUT2D eigenvalue weighted by atomic mass is 10.0. The Balaban J connectivity index is 1.87. The third-order valence-corrected chi connectivity index (χ3v) is 4.09. The Bertz CT molecular complexity index is 740. The van der Waals surface area contributed by atoms with Crippen molar-refractivity contribution in [3.8, 4) is 5.75 Å². The first-order chi connectivity index (χ1) is 11.1. The molecule has 0 bridgehead atoms. The lowest BCUT2D eigenvalue weighted by molar-refractivity contribution is -0.120. The summed E-state index contributed by atoms with van der Waals surface area (Å²) in [6.07, 6.45) is 0.450. The van der Waals surface area contributed by atoms with Crippen LogP contribution in [0.5, 0.6) is 5.75 Å². The molecule has 5 nitrogen and oxygen atoms in total. The van der Waals surface area contributed by atoms with Crippen LogP contribution in [-0.4, -0.2) is 36.9 Å². The van der Waals surface area contributed by atoms with Crippen LogP contribution in [-0.2, 0) is 11.2 Å². The molecule has 0 saturated heterocycles. The molecule has 1 atom stereocenters. The van der Waals surface area contributed by atoms with Crippen LogP contribution < -0.4 is 10.1 Å². The number of benzene rings is 2. The number of carbonyl (C=O) groups is 2. The van der Waals surface area contributed by atoms with Crippen LogP contribution in [0.2, 0.25) is 0 Å². The highest BCUT2D eigenvalue weighted by atomic mass is 16.5. The van der Waals surface area contributed by atoms with Gasteiger partial charge in [0.05, 0.1) is 18.4 Å². The smallest absolute Gasteiger partial charge is 0.256 e. The molecule has 5 heteroatoms. The fourth-order valence-electron chi connectivity index (χ4n) is 2.72. The highest BCUT2D eigenvalue weighted by molar-refractivity contribution is 6.09. The minimum atomic E-state index is -0.553. The summed E-state index contributed by atoms with van der Waals surface area (Å²) in [5.74, 6) is 0.426. The van der Waals surface area contributed by atoms with Gasteiger partial charge in [0, 0.05) is 13.5 Å². The number of carbonyl (C=O) groups excluding carboxylic acids is 2. The van der Waals surface area contributed by atoms with Crippen LogP contribution in [0.3, 0.4) is 0 Å². The summed E-state index contributed by atoms with van der Waals surface area (Å²) in [5.41, 5.74) is 2.05. The molecule has 1 aliphatic heterocycles. The van der Waals surface area contributed by atoms with Gasteiger partial charge >= 0.3 is 0 Å². The van der Waals surface area contributed by atoms with Crippen LogP contribution >= 0.6 is 0 Å². The van der Waals surface area contributed by atoms with Gasteiger partial charge < -0.3 is 15.0 Å². The second-order valence-corrected chi connectivity index (χ2v) is 5.52. The third kappa shape index (κ3) is 2.90. The number of hydrogen-bond acceptors (Lipinski definition) is 3. The zero-order valence-corrected chi connectivity index (χ0v) is 13.1. The molecule has 2 aromatic rings. The summed E-state index contributed by atoms with van der Waals surface area (Å²) in [6.45, 7) is 0. The van der Waals surface area contributed by atoms with Gasteiger partial charge in [-0.05, 0) is 29.8 Å². The number of nitrogens with one attached hydrogen (secondary N) is 1. The molecule has 1 aliphatic rings. The summed E-state index contributed by atoms with van der Waals surface area (Å²) in [5, 5.41) is 2.85. The van der Waals surface area contributed by atoms with Gasteiger partial charge in [-0.2, -0.15) is 0 Å². The number of ether oxygens (including phenoxy) is 1. The normalized spacial score (nSPS) is 17.3. The predicted molar refractivity (Wildman–Crippen MR) is 87.7 cm³/mol. The Morgan fingerprint density at radius 3 is 2.48 bits per heavy atom. The van der Waals surface area contributed by atoms with E-state index in [1.54, 1.807) is 38.4 Å². The Morgan fingerprint density at radius 2 is 1.78 bits per heavy atom. The monoisotopic (exact) mass is 310 g/mol. The molecular formula is C18H18N2O3. The number of nitrogens with zero attached hydrogens (tertiary/aromatic N) is 1. The zero-order valence-electron chi connectivity index (χ0n) is 13.1. The molecule has 1 N–H and O–H groups in total. The van der Waals surface area contributed by atoms with E-state index in [1.165, 1.54) is 4.90 Å². The van der Waals surface area contributed by atoms with E-state index in [1.807, 2.05) is 24.3 Å². The van der Waals surface area contributed by atoms with Gasteiger partial charge in [0.2, 0.25) is 5.91 Å². The van der Waals surface area contributed by atoms with E-state index in [9.17, 15) is 9.59 Å². The van der Waals surface area contributed by atoms with Crippen LogP contribution in [0.4, 0.5) is 5.69 Å². The molecule has 1 heterocycles. The van der Waals surface area contributed by atoms with E-state index >= 15 is 0 Å². The molecule has 0 radical (unpaired) electrons. The topological polar surface area (TPSA) is 58.6 Å². The molecule has 3 rings (SSSR count). The molecule has 0 aliphatic carbocycles. The SMILES string of the molecule is COc1ccc(C[C@H]2C(=O)Nc3ccccc3C(=O)N2C)cc1. The van der Waals surface area contributed by atoms with Crippen LogP contribution in [0, 0.1) is 0 Å². The average Bonchev–Trinajstić information content (AvgIpc) is 2.66. The van der Waals surface area contributed by atoms with E-state index in [0.29, 0.717) is 17.7 Å². The average molecular weight is 310 g/mol. The maximum absolute atomic E-state index is 12.6. The maximum Gasteiger partial charge on any atom is 0.256 e. The minimum absolute atomic E-state index is 0.155. The van der Waals surface area contributed by atoms with E-state index < -0.39 is 6.04 Å². The largest absolute Gasteiger partial charge is 0.497 e. The van der Waals surface area contributed by atoms with Crippen LogP contribution in [0.15, 0.2) is 48.5 Å². The number of rotatable bonds is 3. The molecular weight excluding hydrogens is 292 g/mol. The lowest BCUT2D eigenvalue weighted by Gasteiger charge is -2.24. The fourth-order valence-corrected chi connectivity index (χ4v) is 2.72. The summed E-state index contributed by atoms with van der Waals surface area (Å²) in [7, 11) is 3.27. The molecule has 118 valence electrons. The van der Waals surface area contributed by atoms with Crippen molar-refractivity contribution >= 4 is 17.5 Å². The number of methoxy groups -OCH3 is 1.